The summed E-state index contributed by atoms with van der Waals surface area (Å²) in [4.78, 5) is 29.5. The summed E-state index contributed by atoms with van der Waals surface area (Å²) in [5, 5.41) is 0. The van der Waals surface area contributed by atoms with Gasteiger partial charge >= 0.3 is 0 Å². The molecule has 7 nitrogen and oxygen atoms in total. The fourth-order valence-corrected chi connectivity index (χ4v) is 4.96. The Balaban J connectivity index is 1.70. The maximum Gasteiger partial charge on any atom is 0.242 e. The van der Waals surface area contributed by atoms with Crippen LogP contribution in [0.5, 0.6) is 0 Å². The van der Waals surface area contributed by atoms with E-state index < -0.39 is 15.4 Å². The highest BCUT2D eigenvalue weighted by molar-refractivity contribution is 7.89. The first kappa shape index (κ1) is 21.8. The minimum atomic E-state index is -3.49. The number of carbonyl (C=O) groups excluding carboxylic acids is 2. The lowest BCUT2D eigenvalue weighted by Gasteiger charge is -2.36. The first-order valence-electron chi connectivity index (χ1n) is 10.1. The average molecular weight is 422 g/mol. The van der Waals surface area contributed by atoms with Gasteiger partial charge < -0.3 is 9.80 Å². The van der Waals surface area contributed by atoms with Crippen LogP contribution >= 0.6 is 0 Å². The zero-order valence-electron chi connectivity index (χ0n) is 17.9. The van der Waals surface area contributed by atoms with Crippen molar-refractivity contribution < 1.29 is 18.0 Å². The van der Waals surface area contributed by atoms with Crippen molar-refractivity contribution in [2.45, 2.75) is 44.9 Å². The quantitative estimate of drug-likeness (QED) is 0.749. The van der Waals surface area contributed by atoms with Gasteiger partial charge in [0.05, 0.1) is 4.90 Å². The molecule has 1 aromatic carbocycles. The van der Waals surface area contributed by atoms with E-state index >= 15 is 0 Å². The summed E-state index contributed by atoms with van der Waals surface area (Å²) in [6.45, 7) is 7.52. The van der Waals surface area contributed by atoms with Crippen molar-refractivity contribution in [2.24, 2.45) is 11.3 Å². The Labute approximate surface area is 173 Å². The van der Waals surface area contributed by atoms with Crippen molar-refractivity contribution >= 4 is 27.5 Å². The standard InChI is InChI=1S/C21H31N3O4S/c1-21(2,3)20(26)23-11-8-15(9-12-23)19(25)24-13-10-16-14-17(6-7-18(16)24)29(27,28)22(4)5/h6-7,14-15H,8-13H2,1-5H3. The molecule has 2 aliphatic rings. The highest BCUT2D eigenvalue weighted by atomic mass is 32.2. The lowest BCUT2D eigenvalue weighted by molar-refractivity contribution is -0.142. The van der Waals surface area contributed by atoms with Crippen LogP contribution in [0.3, 0.4) is 0 Å². The van der Waals surface area contributed by atoms with Crippen LogP contribution in [0.2, 0.25) is 0 Å². The molecule has 0 aliphatic carbocycles. The Morgan fingerprint density at radius 1 is 1.07 bits per heavy atom. The molecule has 0 spiro atoms. The molecule has 8 heteroatoms. The number of anilines is 1. The van der Waals surface area contributed by atoms with Gasteiger partial charge in [0.2, 0.25) is 21.8 Å². The van der Waals surface area contributed by atoms with Crippen LogP contribution in [0.4, 0.5) is 5.69 Å². The van der Waals surface area contributed by atoms with Gasteiger partial charge in [-0.25, -0.2) is 12.7 Å². The molecule has 1 saturated heterocycles. The first-order valence-corrected chi connectivity index (χ1v) is 11.5. The van der Waals surface area contributed by atoms with Crippen molar-refractivity contribution in [3.05, 3.63) is 23.8 Å². The zero-order chi connectivity index (χ0) is 21.6. The molecule has 2 aliphatic heterocycles. The highest BCUT2D eigenvalue weighted by Gasteiger charge is 2.36. The molecule has 3 rings (SSSR count). The summed E-state index contributed by atoms with van der Waals surface area (Å²) < 4.78 is 25.9. The minimum Gasteiger partial charge on any atom is -0.342 e. The van der Waals surface area contributed by atoms with E-state index in [0.29, 0.717) is 38.9 Å². The lowest BCUT2D eigenvalue weighted by Crippen LogP contribution is -2.47. The van der Waals surface area contributed by atoms with E-state index in [4.69, 9.17) is 0 Å². The molecular formula is C21H31N3O4S. The molecule has 0 unspecified atom stereocenters. The number of amides is 2. The number of hydrogen-bond acceptors (Lipinski definition) is 4. The summed E-state index contributed by atoms with van der Waals surface area (Å²) in [7, 11) is -0.473. The molecule has 1 aromatic rings. The molecule has 0 N–H and O–H groups in total. The Morgan fingerprint density at radius 3 is 2.24 bits per heavy atom. The number of fused-ring (bicyclic) bond motifs is 1. The maximum atomic E-state index is 13.1. The summed E-state index contributed by atoms with van der Waals surface area (Å²) in [6, 6.07) is 5.00. The third kappa shape index (κ3) is 4.19. The summed E-state index contributed by atoms with van der Waals surface area (Å²) >= 11 is 0. The number of carbonyl (C=O) groups is 2. The molecule has 160 valence electrons. The van der Waals surface area contributed by atoms with Crippen LogP contribution in [0.15, 0.2) is 23.1 Å². The molecule has 2 amide bonds. The van der Waals surface area contributed by atoms with Crippen LogP contribution in [0.1, 0.15) is 39.2 Å². The van der Waals surface area contributed by atoms with Gasteiger partial charge in [0.25, 0.3) is 0 Å². The van der Waals surface area contributed by atoms with Gasteiger partial charge in [0, 0.05) is 50.7 Å². The van der Waals surface area contributed by atoms with Gasteiger partial charge in [0.1, 0.15) is 0 Å². The Kier molecular flexibility index (Phi) is 5.80. The van der Waals surface area contributed by atoms with E-state index in [0.717, 1.165) is 11.3 Å². The van der Waals surface area contributed by atoms with Crippen LogP contribution in [-0.2, 0) is 26.0 Å². The second kappa shape index (κ2) is 7.72. The Morgan fingerprint density at radius 2 is 1.69 bits per heavy atom. The molecule has 1 fully saturated rings. The highest BCUT2D eigenvalue weighted by Crippen LogP contribution is 2.33. The van der Waals surface area contributed by atoms with E-state index in [9.17, 15) is 18.0 Å². The topological polar surface area (TPSA) is 78.0 Å². The maximum absolute atomic E-state index is 13.1. The summed E-state index contributed by atoms with van der Waals surface area (Å²) in [5.41, 5.74) is 1.29. The molecule has 2 heterocycles. The third-order valence-corrected chi connectivity index (χ3v) is 7.58. The third-order valence-electron chi connectivity index (χ3n) is 5.76. The number of sulfonamides is 1. The van der Waals surface area contributed by atoms with Crippen molar-refractivity contribution in [1.82, 2.24) is 9.21 Å². The summed E-state index contributed by atoms with van der Waals surface area (Å²) in [5.74, 6) is 0.106. The monoisotopic (exact) mass is 421 g/mol. The fourth-order valence-electron chi connectivity index (χ4n) is 4.00. The molecular weight excluding hydrogens is 390 g/mol. The fraction of sp³-hybridized carbons (Fsp3) is 0.619. The van der Waals surface area contributed by atoms with Crippen molar-refractivity contribution in [2.75, 3.05) is 38.6 Å². The lowest BCUT2D eigenvalue weighted by atomic mass is 9.90. The molecule has 0 aromatic heterocycles. The summed E-state index contributed by atoms with van der Waals surface area (Å²) in [6.07, 6.45) is 1.98. The number of likely N-dealkylation sites (tertiary alicyclic amines) is 1. The van der Waals surface area contributed by atoms with E-state index in [1.54, 1.807) is 23.1 Å². The number of piperidine rings is 1. The predicted molar refractivity (Wildman–Crippen MR) is 112 cm³/mol. The van der Waals surface area contributed by atoms with Gasteiger partial charge in [-0.2, -0.15) is 0 Å². The Hall–Kier alpha value is -1.93. The molecule has 29 heavy (non-hydrogen) atoms. The van der Waals surface area contributed by atoms with Gasteiger partial charge in [-0.1, -0.05) is 20.8 Å². The molecule has 0 atom stereocenters. The van der Waals surface area contributed by atoms with Gasteiger partial charge in [0.15, 0.2) is 0 Å². The van der Waals surface area contributed by atoms with Crippen LogP contribution < -0.4 is 4.90 Å². The molecule has 0 radical (unpaired) electrons. The van der Waals surface area contributed by atoms with Crippen molar-refractivity contribution in [1.29, 1.82) is 0 Å². The molecule has 0 saturated carbocycles. The van der Waals surface area contributed by atoms with Crippen molar-refractivity contribution in [3.8, 4) is 0 Å². The van der Waals surface area contributed by atoms with E-state index in [-0.39, 0.29) is 22.6 Å². The average Bonchev–Trinajstić information content (AvgIpc) is 3.09. The van der Waals surface area contributed by atoms with Gasteiger partial charge in [-0.15, -0.1) is 0 Å². The molecule has 0 bridgehead atoms. The largest absolute Gasteiger partial charge is 0.342 e. The SMILES string of the molecule is CN(C)S(=O)(=O)c1ccc2c(c1)CCN2C(=O)C1CCN(C(=O)C(C)(C)C)CC1. The normalized spacial score (nSPS) is 18.3. The number of hydrogen-bond donors (Lipinski definition) is 0. The van der Waals surface area contributed by atoms with Crippen LogP contribution in [0, 0.1) is 11.3 Å². The second-order valence-electron chi connectivity index (χ2n) is 9.13. The number of benzene rings is 1. The van der Waals surface area contributed by atoms with E-state index in [1.165, 1.54) is 18.4 Å². The van der Waals surface area contributed by atoms with Crippen molar-refractivity contribution in [3.63, 3.8) is 0 Å². The minimum absolute atomic E-state index is 0.0785. The second-order valence-corrected chi connectivity index (χ2v) is 11.3. The Bertz CT molecular complexity index is 910. The van der Waals surface area contributed by atoms with Crippen LogP contribution in [0.25, 0.3) is 0 Å². The smallest absolute Gasteiger partial charge is 0.242 e. The zero-order valence-corrected chi connectivity index (χ0v) is 18.8. The number of nitrogens with zero attached hydrogens (tertiary/aromatic N) is 3. The number of rotatable bonds is 3. The first-order chi connectivity index (χ1) is 13.4. The van der Waals surface area contributed by atoms with Crippen LogP contribution in [-0.4, -0.2) is 63.2 Å². The van der Waals surface area contributed by atoms with E-state index in [2.05, 4.69) is 0 Å². The predicted octanol–water partition coefficient (Wildman–Crippen LogP) is 2.11. The van der Waals surface area contributed by atoms with Gasteiger partial charge in [-0.3, -0.25) is 9.59 Å². The van der Waals surface area contributed by atoms with E-state index in [1.807, 2.05) is 25.7 Å². The van der Waals surface area contributed by atoms with Gasteiger partial charge in [-0.05, 0) is 43.0 Å².